The zero-order valence-corrected chi connectivity index (χ0v) is 7.45. The van der Waals surface area contributed by atoms with E-state index in [0.29, 0.717) is 0 Å². The van der Waals surface area contributed by atoms with Crippen LogP contribution in [0, 0.1) is 0 Å². The molecule has 0 aliphatic heterocycles. The summed E-state index contributed by atoms with van der Waals surface area (Å²) in [5, 5.41) is 0. The Balaban J connectivity index is 2.41. The van der Waals surface area contributed by atoms with Gasteiger partial charge in [0.05, 0.1) is 0 Å². The van der Waals surface area contributed by atoms with Gasteiger partial charge in [-0.15, -0.1) is 0 Å². The number of allylic oxidation sites excluding steroid dienone is 8. The molecule has 0 N–H and O–H groups in total. The maximum atomic E-state index is 2.25. The molecule has 0 fully saturated rings. The SMILES string of the molecule is C1=C\CC/C=C\C/C=C\C/C=C/1. The van der Waals surface area contributed by atoms with Crippen molar-refractivity contribution in [2.24, 2.45) is 0 Å². The molecule has 0 saturated carbocycles. The van der Waals surface area contributed by atoms with Gasteiger partial charge in [0, 0.05) is 0 Å². The highest BCUT2D eigenvalue weighted by molar-refractivity contribution is 5.06. The van der Waals surface area contributed by atoms with E-state index in [2.05, 4.69) is 48.6 Å². The van der Waals surface area contributed by atoms with E-state index in [9.17, 15) is 0 Å². The lowest BCUT2D eigenvalue weighted by Crippen LogP contribution is -1.67. The van der Waals surface area contributed by atoms with Gasteiger partial charge in [-0.1, -0.05) is 48.6 Å². The quantitative estimate of drug-likeness (QED) is 0.473. The molecule has 64 valence electrons. The summed E-state index contributed by atoms with van der Waals surface area (Å²) in [4.78, 5) is 0. The number of hydrogen-bond donors (Lipinski definition) is 0. The van der Waals surface area contributed by atoms with Gasteiger partial charge in [-0.3, -0.25) is 0 Å². The van der Waals surface area contributed by atoms with Gasteiger partial charge in [0.2, 0.25) is 0 Å². The van der Waals surface area contributed by atoms with Crippen molar-refractivity contribution in [3.05, 3.63) is 48.6 Å². The van der Waals surface area contributed by atoms with Crippen molar-refractivity contribution in [1.29, 1.82) is 0 Å². The average molecular weight is 160 g/mol. The summed E-state index contributed by atoms with van der Waals surface area (Å²) in [7, 11) is 0. The summed E-state index contributed by atoms with van der Waals surface area (Å²) in [6, 6.07) is 0. The first kappa shape index (κ1) is 9.05. The molecule has 0 saturated heterocycles. The Labute approximate surface area is 75.0 Å². The summed E-state index contributed by atoms with van der Waals surface area (Å²) in [6.07, 6.45) is 22.0. The molecule has 0 bridgehead atoms. The molecule has 0 unspecified atom stereocenters. The van der Waals surface area contributed by atoms with Gasteiger partial charge < -0.3 is 0 Å². The average Bonchev–Trinajstić information content (AvgIpc) is 2.05. The van der Waals surface area contributed by atoms with Crippen molar-refractivity contribution in [2.45, 2.75) is 25.7 Å². The first-order chi connectivity index (χ1) is 6.00. The molecular weight excluding hydrogens is 144 g/mol. The van der Waals surface area contributed by atoms with E-state index in [0.717, 1.165) is 25.7 Å². The normalized spacial score (nSPS) is 29.3. The monoisotopic (exact) mass is 160 g/mol. The Kier molecular flexibility index (Phi) is 5.02. The Morgan fingerprint density at radius 2 is 1.08 bits per heavy atom. The standard InChI is InChI=1S/C12H16/c1-2-4-6-8-10-12-11-9-7-5-3-1/h1-4,7,9-10,12H,5-6,8,11H2/b3-1+,4-2-,9-7-,12-10-. The van der Waals surface area contributed by atoms with Crippen molar-refractivity contribution in [2.75, 3.05) is 0 Å². The maximum Gasteiger partial charge on any atom is -0.0166 e. The first-order valence-corrected chi connectivity index (χ1v) is 4.62. The van der Waals surface area contributed by atoms with Gasteiger partial charge in [-0.05, 0) is 25.7 Å². The minimum absolute atomic E-state index is 1.05. The Morgan fingerprint density at radius 1 is 0.500 bits per heavy atom. The molecular formula is C12H16. The Bertz CT molecular complexity index is 204. The van der Waals surface area contributed by atoms with Crippen molar-refractivity contribution in [3.8, 4) is 0 Å². The minimum atomic E-state index is 1.05. The summed E-state index contributed by atoms with van der Waals surface area (Å²) < 4.78 is 0. The fourth-order valence-electron chi connectivity index (χ4n) is 1.09. The second-order valence-electron chi connectivity index (χ2n) is 2.85. The molecule has 0 atom stereocenters. The predicted molar refractivity (Wildman–Crippen MR) is 55.0 cm³/mol. The molecule has 0 nitrogen and oxygen atoms in total. The van der Waals surface area contributed by atoms with Gasteiger partial charge >= 0.3 is 0 Å². The summed E-state index contributed by atoms with van der Waals surface area (Å²) >= 11 is 0. The summed E-state index contributed by atoms with van der Waals surface area (Å²) in [5.74, 6) is 0. The van der Waals surface area contributed by atoms with Crippen molar-refractivity contribution >= 4 is 0 Å². The Hall–Kier alpha value is -1.04. The summed E-state index contributed by atoms with van der Waals surface area (Å²) in [5.41, 5.74) is 0. The highest BCUT2D eigenvalue weighted by Gasteiger charge is 1.77. The van der Waals surface area contributed by atoms with E-state index in [-0.39, 0.29) is 0 Å². The lowest BCUT2D eigenvalue weighted by molar-refractivity contribution is 1.04. The van der Waals surface area contributed by atoms with E-state index in [1.54, 1.807) is 0 Å². The third-order valence-corrected chi connectivity index (χ3v) is 1.76. The molecule has 0 radical (unpaired) electrons. The fraction of sp³-hybridized carbons (Fsp3) is 0.333. The van der Waals surface area contributed by atoms with Crippen LogP contribution in [0.15, 0.2) is 48.6 Å². The van der Waals surface area contributed by atoms with Gasteiger partial charge in [-0.2, -0.15) is 0 Å². The largest absolute Gasteiger partial charge is 0.0879 e. The topological polar surface area (TPSA) is 0 Å². The van der Waals surface area contributed by atoms with Crippen LogP contribution in [0.25, 0.3) is 0 Å². The van der Waals surface area contributed by atoms with Crippen LogP contribution in [0.4, 0.5) is 0 Å². The molecule has 12 heavy (non-hydrogen) atoms. The molecule has 0 heteroatoms. The van der Waals surface area contributed by atoms with Gasteiger partial charge in [-0.25, -0.2) is 0 Å². The number of hydrogen-bond acceptors (Lipinski definition) is 0. The van der Waals surface area contributed by atoms with E-state index in [4.69, 9.17) is 0 Å². The lowest BCUT2D eigenvalue weighted by atomic mass is 10.2. The third kappa shape index (κ3) is 4.73. The van der Waals surface area contributed by atoms with Gasteiger partial charge in [0.1, 0.15) is 0 Å². The molecule has 0 heterocycles. The third-order valence-electron chi connectivity index (χ3n) is 1.76. The van der Waals surface area contributed by atoms with Crippen LogP contribution >= 0.6 is 0 Å². The maximum absolute atomic E-state index is 2.25. The molecule has 0 amide bonds. The van der Waals surface area contributed by atoms with Crippen LogP contribution in [0.2, 0.25) is 0 Å². The predicted octanol–water partition coefficient (Wildman–Crippen LogP) is 3.79. The highest BCUT2D eigenvalue weighted by Crippen LogP contribution is 1.98. The molecule has 0 aromatic rings. The van der Waals surface area contributed by atoms with Crippen LogP contribution in [-0.2, 0) is 0 Å². The molecule has 1 aliphatic carbocycles. The van der Waals surface area contributed by atoms with Crippen LogP contribution in [0.1, 0.15) is 25.7 Å². The van der Waals surface area contributed by atoms with Crippen molar-refractivity contribution < 1.29 is 0 Å². The van der Waals surface area contributed by atoms with Crippen molar-refractivity contribution in [1.82, 2.24) is 0 Å². The zero-order chi connectivity index (χ0) is 8.49. The van der Waals surface area contributed by atoms with E-state index in [1.165, 1.54) is 0 Å². The second kappa shape index (κ2) is 6.66. The minimum Gasteiger partial charge on any atom is -0.0879 e. The van der Waals surface area contributed by atoms with E-state index in [1.807, 2.05) is 0 Å². The van der Waals surface area contributed by atoms with E-state index >= 15 is 0 Å². The van der Waals surface area contributed by atoms with Crippen LogP contribution in [0.5, 0.6) is 0 Å². The molecule has 1 rings (SSSR count). The first-order valence-electron chi connectivity index (χ1n) is 4.62. The van der Waals surface area contributed by atoms with Crippen LogP contribution in [-0.4, -0.2) is 0 Å². The summed E-state index contributed by atoms with van der Waals surface area (Å²) in [6.45, 7) is 0. The van der Waals surface area contributed by atoms with Crippen molar-refractivity contribution in [3.63, 3.8) is 0 Å². The van der Waals surface area contributed by atoms with Gasteiger partial charge in [0.25, 0.3) is 0 Å². The molecule has 0 spiro atoms. The molecule has 1 aliphatic rings. The second-order valence-corrected chi connectivity index (χ2v) is 2.85. The van der Waals surface area contributed by atoms with E-state index < -0.39 is 0 Å². The zero-order valence-electron chi connectivity index (χ0n) is 7.45. The Morgan fingerprint density at radius 3 is 2.00 bits per heavy atom. The lowest BCUT2D eigenvalue weighted by Gasteiger charge is -1.88. The molecule has 0 aromatic heterocycles. The highest BCUT2D eigenvalue weighted by atomic mass is 13.8. The number of rotatable bonds is 0. The van der Waals surface area contributed by atoms with Gasteiger partial charge in [0.15, 0.2) is 0 Å². The smallest absolute Gasteiger partial charge is 0.0166 e. The van der Waals surface area contributed by atoms with Crippen LogP contribution < -0.4 is 0 Å². The van der Waals surface area contributed by atoms with Crippen LogP contribution in [0.3, 0.4) is 0 Å². The molecule has 0 aromatic carbocycles. The fourth-order valence-corrected chi connectivity index (χ4v) is 1.09.